The van der Waals surface area contributed by atoms with Gasteiger partial charge in [0.15, 0.2) is 0 Å². The first-order valence-electron chi connectivity index (χ1n) is 8.77. The van der Waals surface area contributed by atoms with Crippen molar-refractivity contribution in [3.05, 3.63) is 74.6 Å². The van der Waals surface area contributed by atoms with E-state index < -0.39 is 23.5 Å². The second-order valence-electron chi connectivity index (χ2n) is 6.62. The first-order valence-corrected chi connectivity index (χ1v) is 9.15. The minimum atomic E-state index is -1.17. The monoisotopic (exact) mass is 415 g/mol. The third kappa shape index (κ3) is 4.57. The molecule has 0 unspecified atom stereocenters. The van der Waals surface area contributed by atoms with E-state index in [4.69, 9.17) is 16.0 Å². The summed E-state index contributed by atoms with van der Waals surface area (Å²) in [5.74, 6) is -2.02. The number of aromatic hydroxyl groups is 1. The summed E-state index contributed by atoms with van der Waals surface area (Å²) in [7, 11) is 0. The van der Waals surface area contributed by atoms with Gasteiger partial charge in [-0.2, -0.15) is 0 Å². The Hall–Kier alpha value is -3.32. The highest BCUT2D eigenvalue weighted by molar-refractivity contribution is 6.32. The van der Waals surface area contributed by atoms with Crippen molar-refractivity contribution in [2.75, 3.05) is 0 Å². The van der Waals surface area contributed by atoms with Crippen LogP contribution in [0.2, 0.25) is 5.02 Å². The summed E-state index contributed by atoms with van der Waals surface area (Å²) >= 11 is 5.92. The molecule has 1 atom stereocenters. The summed E-state index contributed by atoms with van der Waals surface area (Å²) in [6.07, 6.45) is -0.233. The molecule has 150 valence electrons. The molecule has 0 aliphatic heterocycles. The Morgan fingerprint density at radius 3 is 2.55 bits per heavy atom. The average Bonchev–Trinajstić information content (AvgIpc) is 2.67. The number of benzene rings is 2. The smallest absolute Gasteiger partial charge is 0.340 e. The maximum atomic E-state index is 12.5. The van der Waals surface area contributed by atoms with Crippen LogP contribution < -0.4 is 10.9 Å². The molecule has 3 aromatic rings. The van der Waals surface area contributed by atoms with Crippen LogP contribution in [0.3, 0.4) is 0 Å². The van der Waals surface area contributed by atoms with Crippen LogP contribution in [0.4, 0.5) is 0 Å². The van der Waals surface area contributed by atoms with Crippen molar-refractivity contribution >= 4 is 34.4 Å². The Morgan fingerprint density at radius 2 is 1.90 bits per heavy atom. The number of fused-ring (bicyclic) bond motifs is 1. The Morgan fingerprint density at radius 1 is 1.21 bits per heavy atom. The molecule has 0 spiro atoms. The van der Waals surface area contributed by atoms with Gasteiger partial charge in [0.1, 0.15) is 17.4 Å². The van der Waals surface area contributed by atoms with Crippen LogP contribution in [0.25, 0.3) is 11.0 Å². The third-order valence-corrected chi connectivity index (χ3v) is 4.91. The number of rotatable bonds is 6. The van der Waals surface area contributed by atoms with E-state index in [9.17, 15) is 24.6 Å². The molecule has 7 nitrogen and oxygen atoms in total. The highest BCUT2D eigenvalue weighted by atomic mass is 35.5. The largest absolute Gasteiger partial charge is 0.506 e. The van der Waals surface area contributed by atoms with Gasteiger partial charge in [0.2, 0.25) is 5.91 Å². The molecule has 3 N–H and O–H groups in total. The molecule has 0 fully saturated rings. The molecule has 0 saturated heterocycles. The molecule has 1 aromatic heterocycles. The molecule has 0 aliphatic carbocycles. The molecule has 1 heterocycles. The fourth-order valence-electron chi connectivity index (χ4n) is 3.06. The van der Waals surface area contributed by atoms with E-state index in [0.29, 0.717) is 10.9 Å². The number of hydrogen-bond acceptors (Lipinski definition) is 5. The predicted octanol–water partition coefficient (Wildman–Crippen LogP) is 2.82. The molecule has 0 bridgehead atoms. The fraction of sp³-hybridized carbons (Fsp3) is 0.190. The van der Waals surface area contributed by atoms with Crippen molar-refractivity contribution in [3.63, 3.8) is 0 Å². The number of aryl methyl sites for hydroxylation is 1. The van der Waals surface area contributed by atoms with Crippen molar-refractivity contribution in [2.24, 2.45) is 0 Å². The highest BCUT2D eigenvalue weighted by Crippen LogP contribution is 2.30. The van der Waals surface area contributed by atoms with Gasteiger partial charge in [-0.1, -0.05) is 41.9 Å². The van der Waals surface area contributed by atoms with Gasteiger partial charge >= 0.3 is 11.6 Å². The second-order valence-corrected chi connectivity index (χ2v) is 7.02. The van der Waals surface area contributed by atoms with Crippen LogP contribution in [0.5, 0.6) is 5.75 Å². The molecule has 0 saturated carbocycles. The molecular formula is C21H18ClNO6. The standard InChI is InChI=1S/C21H18ClNO6/c1-11-13-8-15(22)17(24)10-18(13)29-21(28)14(11)9-19(25)23-16(20(26)27)7-12-5-3-2-4-6-12/h2-6,8,10,16,24H,7,9H2,1H3,(H,23,25)(H,26,27)/t16-/m0/s1. The van der Waals surface area contributed by atoms with E-state index in [1.54, 1.807) is 31.2 Å². The lowest BCUT2D eigenvalue weighted by Crippen LogP contribution is -2.43. The average molecular weight is 416 g/mol. The van der Waals surface area contributed by atoms with Crippen molar-refractivity contribution in [1.29, 1.82) is 0 Å². The third-order valence-electron chi connectivity index (χ3n) is 4.61. The number of halogens is 1. The Balaban J connectivity index is 1.84. The van der Waals surface area contributed by atoms with E-state index in [0.717, 1.165) is 5.56 Å². The van der Waals surface area contributed by atoms with E-state index in [2.05, 4.69) is 5.32 Å². The first kappa shape index (κ1) is 20.4. The number of hydrogen-bond donors (Lipinski definition) is 3. The highest BCUT2D eigenvalue weighted by Gasteiger charge is 2.22. The van der Waals surface area contributed by atoms with Crippen LogP contribution in [-0.4, -0.2) is 28.1 Å². The number of aliphatic carboxylic acids is 1. The van der Waals surface area contributed by atoms with Crippen LogP contribution in [0, 0.1) is 6.92 Å². The number of carboxylic acids is 1. The van der Waals surface area contributed by atoms with Crippen LogP contribution in [-0.2, 0) is 22.4 Å². The molecule has 3 rings (SSSR count). The fourth-order valence-corrected chi connectivity index (χ4v) is 3.22. The molecule has 2 aromatic carbocycles. The number of nitrogens with one attached hydrogen (secondary N) is 1. The van der Waals surface area contributed by atoms with Gasteiger partial charge in [0.05, 0.1) is 17.0 Å². The van der Waals surface area contributed by atoms with Crippen molar-refractivity contribution in [3.8, 4) is 5.75 Å². The number of carbonyl (C=O) groups excluding carboxylic acids is 1. The second kappa shape index (κ2) is 8.36. The minimum Gasteiger partial charge on any atom is -0.506 e. The number of carboxylic acid groups (broad SMARTS) is 1. The molecule has 8 heteroatoms. The summed E-state index contributed by atoms with van der Waals surface area (Å²) in [5, 5.41) is 22.1. The van der Waals surface area contributed by atoms with Gasteiger partial charge in [-0.3, -0.25) is 4.79 Å². The summed E-state index contributed by atoms with van der Waals surface area (Å²) in [6.45, 7) is 1.63. The summed E-state index contributed by atoms with van der Waals surface area (Å²) in [4.78, 5) is 36.3. The zero-order valence-electron chi connectivity index (χ0n) is 15.4. The summed E-state index contributed by atoms with van der Waals surface area (Å²) in [5.41, 5.74) is 0.743. The quantitative estimate of drug-likeness (QED) is 0.533. The van der Waals surface area contributed by atoms with Gasteiger partial charge in [0.25, 0.3) is 0 Å². The van der Waals surface area contributed by atoms with E-state index in [-0.39, 0.29) is 34.8 Å². The van der Waals surface area contributed by atoms with Crippen molar-refractivity contribution in [1.82, 2.24) is 5.32 Å². The zero-order valence-corrected chi connectivity index (χ0v) is 16.2. The maximum Gasteiger partial charge on any atom is 0.340 e. The van der Waals surface area contributed by atoms with Gasteiger partial charge in [0, 0.05) is 17.9 Å². The van der Waals surface area contributed by atoms with E-state index in [1.165, 1.54) is 12.1 Å². The van der Waals surface area contributed by atoms with Gasteiger partial charge < -0.3 is 19.9 Å². The van der Waals surface area contributed by atoms with Crippen molar-refractivity contribution < 1.29 is 24.2 Å². The minimum absolute atomic E-state index is 0.0821. The molecule has 0 radical (unpaired) electrons. The SMILES string of the molecule is Cc1c(CC(=O)N[C@@H](Cc2ccccc2)C(=O)O)c(=O)oc2cc(O)c(Cl)cc12. The zero-order chi connectivity index (χ0) is 21.1. The summed E-state index contributed by atoms with van der Waals surface area (Å²) < 4.78 is 5.19. The lowest BCUT2D eigenvalue weighted by molar-refractivity contribution is -0.141. The molecular weight excluding hydrogens is 398 g/mol. The topological polar surface area (TPSA) is 117 Å². The number of amides is 1. The lowest BCUT2D eigenvalue weighted by Gasteiger charge is -2.15. The van der Waals surface area contributed by atoms with E-state index in [1.807, 2.05) is 6.07 Å². The predicted molar refractivity (Wildman–Crippen MR) is 107 cm³/mol. The Bertz CT molecular complexity index is 1140. The number of phenolic OH excluding ortho intramolecular Hbond substituents is 1. The normalized spacial score (nSPS) is 11.9. The van der Waals surface area contributed by atoms with Gasteiger partial charge in [-0.15, -0.1) is 0 Å². The Kier molecular flexibility index (Phi) is 5.89. The molecule has 1 amide bonds. The van der Waals surface area contributed by atoms with Crippen LogP contribution >= 0.6 is 11.6 Å². The van der Waals surface area contributed by atoms with Gasteiger partial charge in [-0.25, -0.2) is 9.59 Å². The van der Waals surface area contributed by atoms with Crippen LogP contribution in [0.15, 0.2) is 51.7 Å². The van der Waals surface area contributed by atoms with E-state index >= 15 is 0 Å². The van der Waals surface area contributed by atoms with Crippen molar-refractivity contribution in [2.45, 2.75) is 25.8 Å². The summed E-state index contributed by atoms with van der Waals surface area (Å²) in [6, 6.07) is 10.4. The molecule has 0 aliphatic rings. The van der Waals surface area contributed by atoms with Gasteiger partial charge in [-0.05, 0) is 24.1 Å². The first-order chi connectivity index (χ1) is 13.8. The Labute approximate surface area is 170 Å². The molecule has 29 heavy (non-hydrogen) atoms. The maximum absolute atomic E-state index is 12.5. The lowest BCUT2D eigenvalue weighted by atomic mass is 10.0. The van der Waals surface area contributed by atoms with Crippen LogP contribution in [0.1, 0.15) is 16.7 Å². The number of carbonyl (C=O) groups is 2. The number of phenols is 1.